The molecule has 0 N–H and O–H groups in total. The molecule has 90 valence electrons. The fourth-order valence-electron chi connectivity index (χ4n) is 2.65. The molecule has 2 aliphatic rings. The Morgan fingerprint density at radius 1 is 1.12 bits per heavy atom. The minimum Gasteiger partial charge on any atom is -1.00 e. The Hall–Kier alpha value is -0.500. The number of hydrogen-bond donors (Lipinski definition) is 0. The van der Waals surface area contributed by atoms with Crippen LogP contribution in [-0.2, 0) is 0 Å². The first-order valence-corrected chi connectivity index (χ1v) is 5.98. The van der Waals surface area contributed by atoms with Crippen molar-refractivity contribution < 1.29 is 17.0 Å². The topological polar surface area (TPSA) is 8.81 Å². The van der Waals surface area contributed by atoms with E-state index >= 15 is 0 Å². The predicted molar refractivity (Wildman–Crippen MR) is 59.5 cm³/mol. The summed E-state index contributed by atoms with van der Waals surface area (Å²) >= 11 is 0. The minimum absolute atomic E-state index is 0. The van der Waals surface area contributed by atoms with E-state index in [1.807, 2.05) is 0 Å². The van der Waals surface area contributed by atoms with E-state index in [9.17, 15) is 0 Å². The number of imidazole rings is 1. The maximum Gasteiger partial charge on any atom is 0.244 e. The maximum absolute atomic E-state index is 2.40. The molecule has 16 heavy (non-hydrogen) atoms. The van der Waals surface area contributed by atoms with Gasteiger partial charge in [-0.25, -0.2) is 9.13 Å². The van der Waals surface area contributed by atoms with Crippen LogP contribution in [0, 0.1) is 10.8 Å². The lowest BCUT2D eigenvalue weighted by Crippen LogP contribution is -3.00. The molecular weight excluding hydrogens is 220 g/mol. The second kappa shape index (κ2) is 3.25. The van der Waals surface area contributed by atoms with Crippen LogP contribution < -0.4 is 17.0 Å². The predicted octanol–water partition coefficient (Wildman–Crippen LogP) is -0.278. The highest BCUT2D eigenvalue weighted by Crippen LogP contribution is 2.56. The van der Waals surface area contributed by atoms with Crippen LogP contribution in [0.4, 0.5) is 0 Å². The summed E-state index contributed by atoms with van der Waals surface area (Å²) in [6.07, 6.45) is 9.45. The van der Waals surface area contributed by atoms with Crippen LogP contribution in [0.25, 0.3) is 0 Å². The molecule has 2 aliphatic carbocycles. The Morgan fingerprint density at radius 2 is 1.69 bits per heavy atom. The van der Waals surface area contributed by atoms with E-state index < -0.39 is 0 Å². The van der Waals surface area contributed by atoms with Gasteiger partial charge in [-0.15, -0.1) is 0 Å². The van der Waals surface area contributed by atoms with E-state index in [-0.39, 0.29) is 12.4 Å². The zero-order valence-electron chi connectivity index (χ0n) is 10.6. The van der Waals surface area contributed by atoms with Gasteiger partial charge in [-0.1, -0.05) is 27.7 Å². The molecule has 0 aromatic carbocycles. The maximum atomic E-state index is 2.40. The molecule has 2 atom stereocenters. The summed E-state index contributed by atoms with van der Waals surface area (Å²) in [7, 11) is 0. The van der Waals surface area contributed by atoms with Gasteiger partial charge in [-0.2, -0.15) is 0 Å². The molecule has 1 aromatic rings. The van der Waals surface area contributed by atoms with Crippen molar-refractivity contribution in [2.45, 2.75) is 52.6 Å². The van der Waals surface area contributed by atoms with Crippen LogP contribution in [0.2, 0.25) is 0 Å². The molecule has 1 aromatic heterocycles. The van der Waals surface area contributed by atoms with Crippen molar-refractivity contribution >= 4 is 0 Å². The molecule has 2 saturated carbocycles. The van der Waals surface area contributed by atoms with E-state index in [0.29, 0.717) is 10.8 Å². The van der Waals surface area contributed by atoms with Gasteiger partial charge in [0.1, 0.15) is 24.5 Å². The number of rotatable bonds is 2. The van der Waals surface area contributed by atoms with Crippen molar-refractivity contribution in [1.29, 1.82) is 0 Å². The molecule has 1 heterocycles. The SMILES string of the molecule is CC1(C)CC1n1cc[n+](C2CC2(C)C)c1.[Cl-]. The molecule has 0 saturated heterocycles. The van der Waals surface area contributed by atoms with Gasteiger partial charge < -0.3 is 12.4 Å². The third kappa shape index (κ3) is 1.77. The van der Waals surface area contributed by atoms with Crippen LogP contribution in [0.1, 0.15) is 52.6 Å². The molecule has 2 unspecified atom stereocenters. The highest BCUT2D eigenvalue weighted by atomic mass is 35.5. The van der Waals surface area contributed by atoms with Gasteiger partial charge in [-0.05, 0) is 12.8 Å². The quantitative estimate of drug-likeness (QED) is 0.629. The van der Waals surface area contributed by atoms with Crippen molar-refractivity contribution in [1.82, 2.24) is 4.57 Å². The number of aromatic nitrogens is 2. The lowest BCUT2D eigenvalue weighted by Gasteiger charge is -1.99. The standard InChI is InChI=1S/C13H21N2.ClH/c1-12(2)7-10(12)14-5-6-15(9-14)11-8-13(11,3)4;/h5-6,9-11H,7-8H2,1-4H3;1H/q+1;/p-1. The van der Waals surface area contributed by atoms with Crippen LogP contribution in [0.3, 0.4) is 0 Å². The molecular formula is C13H21ClN2. The summed E-state index contributed by atoms with van der Waals surface area (Å²) < 4.78 is 4.79. The molecule has 0 spiro atoms. The van der Waals surface area contributed by atoms with Crippen molar-refractivity contribution in [2.75, 3.05) is 0 Å². The first-order chi connectivity index (χ1) is 6.90. The molecule has 2 fully saturated rings. The van der Waals surface area contributed by atoms with E-state index in [2.05, 4.69) is 55.6 Å². The van der Waals surface area contributed by atoms with E-state index in [1.54, 1.807) is 0 Å². The summed E-state index contributed by atoms with van der Waals surface area (Å²) in [5.74, 6) is 0. The second-order valence-corrected chi connectivity index (χ2v) is 6.73. The van der Waals surface area contributed by atoms with E-state index in [1.165, 1.54) is 12.8 Å². The fraction of sp³-hybridized carbons (Fsp3) is 0.769. The van der Waals surface area contributed by atoms with Crippen molar-refractivity contribution in [2.24, 2.45) is 10.8 Å². The summed E-state index contributed by atoms with van der Waals surface area (Å²) in [5, 5.41) is 0. The van der Waals surface area contributed by atoms with Crippen LogP contribution in [-0.4, -0.2) is 4.57 Å². The highest BCUT2D eigenvalue weighted by molar-refractivity contribution is 5.01. The zero-order chi connectivity index (χ0) is 10.8. The largest absolute Gasteiger partial charge is 1.00 e. The molecule has 3 heteroatoms. The average molecular weight is 241 g/mol. The lowest BCUT2D eigenvalue weighted by atomic mass is 10.2. The molecule has 3 rings (SSSR count). The summed E-state index contributed by atoms with van der Waals surface area (Å²) in [5.41, 5.74) is 1.05. The Morgan fingerprint density at radius 3 is 2.12 bits per heavy atom. The molecule has 0 bridgehead atoms. The summed E-state index contributed by atoms with van der Waals surface area (Å²) in [4.78, 5) is 0. The Balaban J connectivity index is 0.000000963. The highest BCUT2D eigenvalue weighted by Gasteiger charge is 2.53. The fourth-order valence-corrected chi connectivity index (χ4v) is 2.65. The minimum atomic E-state index is 0. The lowest BCUT2D eigenvalue weighted by molar-refractivity contribution is -0.705. The average Bonchev–Trinajstić information content (AvgIpc) is 2.87. The van der Waals surface area contributed by atoms with Crippen LogP contribution in [0.5, 0.6) is 0 Å². The molecule has 0 aliphatic heterocycles. The van der Waals surface area contributed by atoms with Gasteiger partial charge in [0.05, 0.1) is 0 Å². The Bertz CT molecular complexity index is 369. The number of halogens is 1. The third-order valence-electron chi connectivity index (χ3n) is 4.32. The van der Waals surface area contributed by atoms with Gasteiger partial charge in [0, 0.05) is 10.8 Å². The van der Waals surface area contributed by atoms with Gasteiger partial charge in [-0.3, -0.25) is 0 Å². The summed E-state index contributed by atoms with van der Waals surface area (Å²) in [6, 6.07) is 1.47. The van der Waals surface area contributed by atoms with Gasteiger partial charge in [0.25, 0.3) is 0 Å². The van der Waals surface area contributed by atoms with Crippen molar-refractivity contribution in [3.05, 3.63) is 18.7 Å². The number of nitrogens with zero attached hydrogens (tertiary/aromatic N) is 2. The number of hydrogen-bond acceptors (Lipinski definition) is 0. The van der Waals surface area contributed by atoms with Crippen molar-refractivity contribution in [3.8, 4) is 0 Å². The normalized spacial score (nSPS) is 33.0. The monoisotopic (exact) mass is 240 g/mol. The third-order valence-corrected chi connectivity index (χ3v) is 4.32. The van der Waals surface area contributed by atoms with E-state index in [4.69, 9.17) is 0 Å². The zero-order valence-corrected chi connectivity index (χ0v) is 11.3. The summed E-state index contributed by atoms with van der Waals surface area (Å²) in [6.45, 7) is 9.40. The van der Waals surface area contributed by atoms with Crippen LogP contribution >= 0.6 is 0 Å². The van der Waals surface area contributed by atoms with Gasteiger partial charge >= 0.3 is 0 Å². The smallest absolute Gasteiger partial charge is 0.244 e. The first-order valence-electron chi connectivity index (χ1n) is 5.98. The molecule has 0 amide bonds. The second-order valence-electron chi connectivity index (χ2n) is 6.73. The van der Waals surface area contributed by atoms with Gasteiger partial charge in [0.2, 0.25) is 6.33 Å². The van der Waals surface area contributed by atoms with Crippen LogP contribution in [0.15, 0.2) is 18.7 Å². The first kappa shape index (κ1) is 12.0. The van der Waals surface area contributed by atoms with Crippen molar-refractivity contribution in [3.63, 3.8) is 0 Å². The van der Waals surface area contributed by atoms with E-state index in [0.717, 1.165) is 12.1 Å². The van der Waals surface area contributed by atoms with Gasteiger partial charge in [0.15, 0.2) is 0 Å². The Labute approximate surface area is 104 Å². The molecule has 0 radical (unpaired) electrons. The Kier molecular flexibility index (Phi) is 2.43. The molecule has 2 nitrogen and oxygen atoms in total.